The van der Waals surface area contributed by atoms with E-state index >= 15 is 0 Å². The third kappa shape index (κ3) is 3.13. The first-order valence-corrected chi connectivity index (χ1v) is 7.28. The van der Waals surface area contributed by atoms with Crippen LogP contribution in [0, 0.1) is 5.92 Å². The van der Waals surface area contributed by atoms with Crippen molar-refractivity contribution in [3.63, 3.8) is 0 Å². The summed E-state index contributed by atoms with van der Waals surface area (Å²) in [6.07, 6.45) is 1.06. The van der Waals surface area contributed by atoms with Gasteiger partial charge in [-0.1, -0.05) is 6.92 Å². The number of rotatable bonds is 3. The van der Waals surface area contributed by atoms with Gasteiger partial charge in [0.2, 0.25) is 0 Å². The molecule has 1 saturated carbocycles. The van der Waals surface area contributed by atoms with Crippen LogP contribution in [-0.4, -0.2) is 40.9 Å². The lowest BCUT2D eigenvalue weighted by Gasteiger charge is -2.29. The van der Waals surface area contributed by atoms with Gasteiger partial charge < -0.3 is 19.3 Å². The molecule has 19 heavy (non-hydrogen) atoms. The Morgan fingerprint density at radius 1 is 1.26 bits per heavy atom. The molecule has 2 fully saturated rings. The fourth-order valence-corrected chi connectivity index (χ4v) is 3.09. The first-order chi connectivity index (χ1) is 8.56. The van der Waals surface area contributed by atoms with Crippen LogP contribution in [-0.2, 0) is 14.2 Å². The maximum absolute atomic E-state index is 10.7. The van der Waals surface area contributed by atoms with Crippen molar-refractivity contribution in [1.29, 1.82) is 0 Å². The SMILES string of the molecule is CCC1(O)C[C@H](COC(C)(C)C)[C@H]2OC(C)(C)O[C@H]21. The molecule has 1 heterocycles. The Labute approximate surface area is 116 Å². The van der Waals surface area contributed by atoms with Gasteiger partial charge in [-0.3, -0.25) is 0 Å². The summed E-state index contributed by atoms with van der Waals surface area (Å²) in [4.78, 5) is 0. The van der Waals surface area contributed by atoms with E-state index < -0.39 is 11.4 Å². The van der Waals surface area contributed by atoms with Crippen LogP contribution in [0.2, 0.25) is 0 Å². The van der Waals surface area contributed by atoms with E-state index in [1.54, 1.807) is 0 Å². The molecule has 2 aliphatic rings. The minimum absolute atomic E-state index is 0.0673. The first-order valence-electron chi connectivity index (χ1n) is 7.28. The van der Waals surface area contributed by atoms with Gasteiger partial charge in [-0.25, -0.2) is 0 Å². The van der Waals surface area contributed by atoms with Crippen molar-refractivity contribution in [2.24, 2.45) is 5.92 Å². The fourth-order valence-electron chi connectivity index (χ4n) is 3.09. The van der Waals surface area contributed by atoms with Gasteiger partial charge in [0.05, 0.1) is 23.9 Å². The van der Waals surface area contributed by atoms with E-state index in [0.717, 1.165) is 0 Å². The summed E-state index contributed by atoms with van der Waals surface area (Å²) >= 11 is 0. The predicted molar refractivity (Wildman–Crippen MR) is 72.9 cm³/mol. The molecule has 112 valence electrons. The van der Waals surface area contributed by atoms with Crippen molar-refractivity contribution in [2.75, 3.05) is 6.61 Å². The minimum atomic E-state index is -0.787. The van der Waals surface area contributed by atoms with E-state index in [1.165, 1.54) is 0 Å². The third-order valence-corrected chi connectivity index (χ3v) is 4.08. The van der Waals surface area contributed by atoms with Crippen molar-refractivity contribution >= 4 is 0 Å². The molecule has 4 atom stereocenters. The summed E-state index contributed by atoms with van der Waals surface area (Å²) in [6.45, 7) is 12.5. The van der Waals surface area contributed by atoms with Gasteiger partial charge in [0.1, 0.15) is 6.10 Å². The highest BCUT2D eigenvalue weighted by atomic mass is 16.8. The summed E-state index contributed by atoms with van der Waals surface area (Å²) in [7, 11) is 0. The van der Waals surface area contributed by atoms with Crippen LogP contribution in [0.4, 0.5) is 0 Å². The number of aliphatic hydroxyl groups is 1. The van der Waals surface area contributed by atoms with Crippen LogP contribution in [0.15, 0.2) is 0 Å². The van der Waals surface area contributed by atoms with Crippen molar-refractivity contribution in [3.05, 3.63) is 0 Å². The largest absolute Gasteiger partial charge is 0.387 e. The van der Waals surface area contributed by atoms with Crippen LogP contribution in [0.25, 0.3) is 0 Å². The molecule has 1 unspecified atom stereocenters. The van der Waals surface area contributed by atoms with Crippen LogP contribution >= 0.6 is 0 Å². The Bertz CT molecular complexity index is 334. The summed E-state index contributed by atoms with van der Waals surface area (Å²) in [5.41, 5.74) is -0.957. The number of ether oxygens (including phenoxy) is 3. The second-order valence-electron chi connectivity index (χ2n) is 7.37. The smallest absolute Gasteiger partial charge is 0.163 e. The van der Waals surface area contributed by atoms with Gasteiger partial charge in [-0.05, 0) is 47.5 Å². The van der Waals surface area contributed by atoms with Gasteiger partial charge in [-0.15, -0.1) is 0 Å². The zero-order valence-electron chi connectivity index (χ0n) is 13.0. The fraction of sp³-hybridized carbons (Fsp3) is 1.00. The Kier molecular flexibility index (Phi) is 3.76. The van der Waals surface area contributed by atoms with E-state index in [-0.39, 0.29) is 23.7 Å². The summed E-state index contributed by atoms with van der Waals surface area (Å²) < 4.78 is 17.8. The zero-order valence-corrected chi connectivity index (χ0v) is 13.0. The van der Waals surface area contributed by atoms with Gasteiger partial charge in [0, 0.05) is 5.92 Å². The van der Waals surface area contributed by atoms with E-state index in [0.29, 0.717) is 19.4 Å². The van der Waals surface area contributed by atoms with E-state index in [2.05, 4.69) is 0 Å². The Morgan fingerprint density at radius 3 is 2.42 bits per heavy atom. The van der Waals surface area contributed by atoms with Gasteiger partial charge in [0.15, 0.2) is 5.79 Å². The van der Waals surface area contributed by atoms with Crippen LogP contribution < -0.4 is 0 Å². The summed E-state index contributed by atoms with van der Waals surface area (Å²) in [6, 6.07) is 0. The first kappa shape index (κ1) is 15.2. The Morgan fingerprint density at radius 2 is 1.89 bits per heavy atom. The molecule has 1 aliphatic heterocycles. The average molecular weight is 272 g/mol. The van der Waals surface area contributed by atoms with Crippen molar-refractivity contribution in [1.82, 2.24) is 0 Å². The molecule has 0 aromatic heterocycles. The normalized spacial score (nSPS) is 41.5. The third-order valence-electron chi connectivity index (χ3n) is 4.08. The maximum atomic E-state index is 10.7. The second-order valence-corrected chi connectivity index (χ2v) is 7.37. The molecule has 0 bridgehead atoms. The quantitative estimate of drug-likeness (QED) is 0.857. The number of hydrogen-bond acceptors (Lipinski definition) is 4. The molecule has 0 amide bonds. The van der Waals surface area contributed by atoms with Crippen molar-refractivity contribution in [3.8, 4) is 0 Å². The Balaban J connectivity index is 2.10. The van der Waals surface area contributed by atoms with Gasteiger partial charge in [0.25, 0.3) is 0 Å². The van der Waals surface area contributed by atoms with Gasteiger partial charge in [-0.2, -0.15) is 0 Å². The van der Waals surface area contributed by atoms with E-state index in [4.69, 9.17) is 14.2 Å². The number of fused-ring (bicyclic) bond motifs is 1. The average Bonchev–Trinajstić information content (AvgIpc) is 2.70. The molecule has 2 rings (SSSR count). The molecular weight excluding hydrogens is 244 g/mol. The maximum Gasteiger partial charge on any atom is 0.163 e. The molecule has 1 aliphatic carbocycles. The summed E-state index contributed by atoms with van der Waals surface area (Å²) in [5, 5.41) is 10.7. The molecule has 4 heteroatoms. The van der Waals surface area contributed by atoms with Crippen LogP contribution in [0.1, 0.15) is 54.4 Å². The van der Waals surface area contributed by atoms with Crippen molar-refractivity contribution in [2.45, 2.75) is 83.6 Å². The number of hydrogen-bond donors (Lipinski definition) is 1. The lowest BCUT2D eigenvalue weighted by molar-refractivity contribution is -0.186. The highest BCUT2D eigenvalue weighted by molar-refractivity contribution is 5.06. The minimum Gasteiger partial charge on any atom is -0.387 e. The standard InChI is InChI=1S/C15H28O4/c1-7-15(16)8-10(9-17-13(2,3)4)11-12(15)19-14(5,6)18-11/h10-12,16H,7-9H2,1-6H3/t10-,11-,12-,15?/m1/s1. The monoisotopic (exact) mass is 272 g/mol. The molecule has 0 aromatic rings. The van der Waals surface area contributed by atoms with Crippen molar-refractivity contribution < 1.29 is 19.3 Å². The zero-order chi connectivity index (χ0) is 14.5. The Hall–Kier alpha value is -0.160. The molecule has 0 radical (unpaired) electrons. The molecule has 0 aromatic carbocycles. The molecular formula is C15H28O4. The molecule has 1 N–H and O–H groups in total. The predicted octanol–water partition coefficient (Wildman–Crippen LogP) is 2.48. The molecule has 0 spiro atoms. The highest BCUT2D eigenvalue weighted by Gasteiger charge is 2.60. The molecule has 4 nitrogen and oxygen atoms in total. The van der Waals surface area contributed by atoms with Crippen LogP contribution in [0.5, 0.6) is 0 Å². The van der Waals surface area contributed by atoms with Crippen LogP contribution in [0.3, 0.4) is 0 Å². The molecule has 1 saturated heterocycles. The van der Waals surface area contributed by atoms with E-state index in [9.17, 15) is 5.11 Å². The lowest BCUT2D eigenvalue weighted by atomic mass is 9.95. The second kappa shape index (κ2) is 4.69. The summed E-state index contributed by atoms with van der Waals surface area (Å²) in [5.74, 6) is -0.422. The highest BCUT2D eigenvalue weighted by Crippen LogP contribution is 2.48. The van der Waals surface area contributed by atoms with Gasteiger partial charge >= 0.3 is 0 Å². The topological polar surface area (TPSA) is 47.9 Å². The van der Waals surface area contributed by atoms with E-state index in [1.807, 2.05) is 41.5 Å². The lowest BCUT2D eigenvalue weighted by Crippen LogP contribution is -2.41.